The zero-order valence-electron chi connectivity index (χ0n) is 14.3. The summed E-state index contributed by atoms with van der Waals surface area (Å²) in [5, 5.41) is 2.33. The van der Waals surface area contributed by atoms with Gasteiger partial charge in [-0.15, -0.1) is 0 Å². The van der Waals surface area contributed by atoms with Gasteiger partial charge in [-0.25, -0.2) is 0 Å². The molecular weight excluding hydrogens is 294 g/mol. The van der Waals surface area contributed by atoms with Crippen LogP contribution in [-0.4, -0.2) is 7.05 Å². The van der Waals surface area contributed by atoms with E-state index in [4.69, 9.17) is 4.42 Å². The summed E-state index contributed by atoms with van der Waals surface area (Å²) in [7, 11) is 2.09. The van der Waals surface area contributed by atoms with E-state index in [1.165, 1.54) is 5.56 Å². The van der Waals surface area contributed by atoms with Gasteiger partial charge < -0.3 is 9.32 Å². The Kier molecular flexibility index (Phi) is 3.53. The fourth-order valence-electron chi connectivity index (χ4n) is 3.22. The van der Waals surface area contributed by atoms with Gasteiger partial charge in [-0.1, -0.05) is 56.3 Å². The Hall–Kier alpha value is -2.74. The van der Waals surface area contributed by atoms with Crippen molar-refractivity contribution in [3.8, 4) is 0 Å². The number of hydrogen-bond acceptors (Lipinski definition) is 2. The number of benzene rings is 3. The first kappa shape index (κ1) is 14.8. The third kappa shape index (κ3) is 2.35. The van der Waals surface area contributed by atoms with Gasteiger partial charge in [0.1, 0.15) is 5.58 Å². The molecule has 0 spiro atoms. The Morgan fingerprint density at radius 3 is 2.25 bits per heavy atom. The normalized spacial score (nSPS) is 11.5. The summed E-state index contributed by atoms with van der Waals surface area (Å²) in [6, 6.07) is 23.3. The van der Waals surface area contributed by atoms with E-state index in [1.54, 1.807) is 0 Å². The zero-order chi connectivity index (χ0) is 16.7. The van der Waals surface area contributed by atoms with Crippen LogP contribution in [0.4, 0.5) is 11.4 Å². The summed E-state index contributed by atoms with van der Waals surface area (Å²) < 4.78 is 6.15. The lowest BCUT2D eigenvalue weighted by molar-refractivity contribution is 0.668. The molecule has 4 aromatic rings. The number of fused-ring (bicyclic) bond motifs is 3. The van der Waals surface area contributed by atoms with Crippen molar-refractivity contribution < 1.29 is 4.42 Å². The minimum absolute atomic E-state index is 0.545. The highest BCUT2D eigenvalue weighted by atomic mass is 16.3. The molecule has 0 saturated carbocycles. The van der Waals surface area contributed by atoms with Crippen LogP contribution in [0.25, 0.3) is 21.9 Å². The second-order valence-electron chi connectivity index (χ2n) is 6.56. The second kappa shape index (κ2) is 5.72. The quantitative estimate of drug-likeness (QED) is 0.430. The second-order valence-corrected chi connectivity index (χ2v) is 6.56. The molecule has 0 N–H and O–H groups in total. The van der Waals surface area contributed by atoms with Crippen molar-refractivity contribution in [3.63, 3.8) is 0 Å². The summed E-state index contributed by atoms with van der Waals surface area (Å²) in [5.41, 5.74) is 5.47. The molecule has 0 amide bonds. The summed E-state index contributed by atoms with van der Waals surface area (Å²) >= 11 is 0. The lowest BCUT2D eigenvalue weighted by atomic mass is 10.0. The molecule has 0 radical (unpaired) electrons. The third-order valence-electron chi connectivity index (χ3n) is 4.69. The Balaban J connectivity index is 1.83. The molecule has 120 valence electrons. The highest BCUT2D eigenvalue weighted by Gasteiger charge is 2.14. The van der Waals surface area contributed by atoms with E-state index in [0.717, 1.165) is 33.3 Å². The molecule has 0 aliphatic heterocycles. The number of rotatable bonds is 3. The molecule has 24 heavy (non-hydrogen) atoms. The van der Waals surface area contributed by atoms with E-state index in [9.17, 15) is 0 Å². The molecule has 0 bridgehead atoms. The monoisotopic (exact) mass is 315 g/mol. The Bertz CT molecular complexity index is 996. The first-order valence-corrected chi connectivity index (χ1v) is 8.39. The number of anilines is 2. The van der Waals surface area contributed by atoms with Crippen LogP contribution in [0.2, 0.25) is 0 Å². The lowest BCUT2D eigenvalue weighted by Gasteiger charge is -2.20. The summed E-state index contributed by atoms with van der Waals surface area (Å²) in [5.74, 6) is 0.545. The van der Waals surface area contributed by atoms with Crippen LogP contribution in [0.1, 0.15) is 25.3 Å². The molecule has 3 aromatic carbocycles. The molecule has 1 aromatic heterocycles. The van der Waals surface area contributed by atoms with E-state index < -0.39 is 0 Å². The zero-order valence-corrected chi connectivity index (χ0v) is 14.3. The molecule has 2 nitrogen and oxygen atoms in total. The van der Waals surface area contributed by atoms with Crippen LogP contribution >= 0.6 is 0 Å². The minimum atomic E-state index is 0.545. The third-order valence-corrected chi connectivity index (χ3v) is 4.69. The predicted octanol–water partition coefficient (Wildman–Crippen LogP) is 6.48. The van der Waals surface area contributed by atoms with Crippen molar-refractivity contribution >= 4 is 33.3 Å². The maximum Gasteiger partial charge on any atom is 0.159 e. The largest absolute Gasteiger partial charge is 0.454 e. The molecule has 1 heterocycles. The van der Waals surface area contributed by atoms with E-state index >= 15 is 0 Å². The molecular formula is C22H21NO. The van der Waals surface area contributed by atoms with Crippen molar-refractivity contribution in [1.29, 1.82) is 0 Å². The van der Waals surface area contributed by atoms with Gasteiger partial charge in [-0.2, -0.15) is 0 Å². The average Bonchev–Trinajstić information content (AvgIpc) is 3.00. The molecule has 2 heteroatoms. The Labute approximate surface area is 142 Å². The Morgan fingerprint density at radius 1 is 0.792 bits per heavy atom. The lowest BCUT2D eigenvalue weighted by Crippen LogP contribution is -2.09. The van der Waals surface area contributed by atoms with Gasteiger partial charge in [0.25, 0.3) is 0 Å². The van der Waals surface area contributed by atoms with Gasteiger partial charge in [-0.05, 0) is 35.7 Å². The first-order valence-electron chi connectivity index (χ1n) is 8.39. The van der Waals surface area contributed by atoms with Crippen LogP contribution < -0.4 is 4.90 Å². The van der Waals surface area contributed by atoms with E-state index in [-0.39, 0.29) is 0 Å². The van der Waals surface area contributed by atoms with Gasteiger partial charge in [0.15, 0.2) is 5.58 Å². The summed E-state index contributed by atoms with van der Waals surface area (Å²) in [6.07, 6.45) is 0. The van der Waals surface area contributed by atoms with E-state index in [2.05, 4.69) is 80.4 Å². The molecule has 4 rings (SSSR count). The smallest absolute Gasteiger partial charge is 0.159 e. The van der Waals surface area contributed by atoms with E-state index in [0.29, 0.717) is 5.92 Å². The molecule has 0 aliphatic rings. The standard InChI is InChI=1S/C22H21NO/c1-15(2)16-11-13-17(14-12-16)23(3)20-9-6-8-19-18-7-4-5-10-21(18)24-22(19)20/h4-15H,1-3H3. The molecule has 0 aliphatic carbocycles. The van der Waals surface area contributed by atoms with Gasteiger partial charge in [0, 0.05) is 23.5 Å². The fraction of sp³-hybridized carbons (Fsp3) is 0.182. The van der Waals surface area contributed by atoms with Crippen LogP contribution in [0.5, 0.6) is 0 Å². The van der Waals surface area contributed by atoms with Crippen LogP contribution in [0, 0.1) is 0 Å². The SMILES string of the molecule is CC(C)c1ccc(N(C)c2cccc3c2oc2ccccc23)cc1. The molecule has 0 saturated heterocycles. The van der Waals surface area contributed by atoms with Gasteiger partial charge >= 0.3 is 0 Å². The first-order chi connectivity index (χ1) is 11.6. The number of hydrogen-bond donors (Lipinski definition) is 0. The molecule has 0 atom stereocenters. The van der Waals surface area contributed by atoms with Crippen molar-refractivity contribution in [2.24, 2.45) is 0 Å². The van der Waals surface area contributed by atoms with Crippen LogP contribution in [-0.2, 0) is 0 Å². The maximum absolute atomic E-state index is 6.15. The maximum atomic E-state index is 6.15. The Morgan fingerprint density at radius 2 is 1.50 bits per heavy atom. The van der Waals surface area contributed by atoms with Gasteiger partial charge in [0.2, 0.25) is 0 Å². The highest BCUT2D eigenvalue weighted by molar-refractivity contribution is 6.09. The van der Waals surface area contributed by atoms with Gasteiger partial charge in [-0.3, -0.25) is 0 Å². The number of nitrogens with zero attached hydrogens (tertiary/aromatic N) is 1. The number of para-hydroxylation sites is 2. The molecule has 0 fully saturated rings. The number of furan rings is 1. The highest BCUT2D eigenvalue weighted by Crippen LogP contribution is 2.37. The summed E-state index contributed by atoms with van der Waals surface area (Å²) in [4.78, 5) is 2.19. The van der Waals surface area contributed by atoms with Crippen molar-refractivity contribution in [3.05, 3.63) is 72.3 Å². The average molecular weight is 315 g/mol. The van der Waals surface area contributed by atoms with Crippen LogP contribution in [0.3, 0.4) is 0 Å². The minimum Gasteiger partial charge on any atom is -0.454 e. The van der Waals surface area contributed by atoms with Crippen molar-refractivity contribution in [2.75, 3.05) is 11.9 Å². The predicted molar refractivity (Wildman–Crippen MR) is 102 cm³/mol. The summed E-state index contributed by atoms with van der Waals surface area (Å²) in [6.45, 7) is 4.43. The topological polar surface area (TPSA) is 16.4 Å². The fourth-order valence-corrected chi connectivity index (χ4v) is 3.22. The molecule has 0 unspecified atom stereocenters. The van der Waals surface area contributed by atoms with E-state index in [1.807, 2.05) is 12.1 Å². The van der Waals surface area contributed by atoms with Gasteiger partial charge in [0.05, 0.1) is 5.69 Å². The van der Waals surface area contributed by atoms with Crippen molar-refractivity contribution in [1.82, 2.24) is 0 Å². The van der Waals surface area contributed by atoms with Crippen LogP contribution in [0.15, 0.2) is 71.1 Å². The van der Waals surface area contributed by atoms with Crippen molar-refractivity contribution in [2.45, 2.75) is 19.8 Å².